The Morgan fingerprint density at radius 2 is 2.31 bits per heavy atom. The Morgan fingerprint density at radius 3 is 2.77 bits per heavy atom. The maximum Gasteiger partial charge on any atom is 0.130 e. The van der Waals surface area contributed by atoms with Crippen molar-refractivity contribution in [3.05, 3.63) is 16.9 Å². The number of hydrogen-bond donors (Lipinski definition) is 0. The van der Waals surface area contributed by atoms with E-state index in [9.17, 15) is 0 Å². The largest absolute Gasteiger partial charge is 0.253 e. The van der Waals surface area contributed by atoms with E-state index >= 15 is 0 Å². The summed E-state index contributed by atoms with van der Waals surface area (Å²) in [4.78, 5) is 0. The molecule has 1 fully saturated rings. The van der Waals surface area contributed by atoms with Crippen LogP contribution in [0.25, 0.3) is 0 Å². The Labute approximate surface area is 83.9 Å². The lowest BCUT2D eigenvalue weighted by atomic mass is 10.1. The number of hydrogen-bond acceptors (Lipinski definition) is 1. The normalized spacial score (nSPS) is 16.9. The molecule has 3 heteroatoms. The third kappa shape index (κ3) is 1.88. The molecule has 1 aromatic rings. The molecule has 2 rings (SSSR count). The molecule has 0 N–H and O–H groups in total. The third-order valence-electron chi connectivity index (χ3n) is 2.55. The molecule has 0 aromatic carbocycles. The minimum Gasteiger partial charge on any atom is -0.253 e. The summed E-state index contributed by atoms with van der Waals surface area (Å²) in [7, 11) is 0. The van der Waals surface area contributed by atoms with Crippen LogP contribution in [0.2, 0.25) is 5.15 Å². The zero-order chi connectivity index (χ0) is 9.42. The van der Waals surface area contributed by atoms with Crippen molar-refractivity contribution in [2.24, 2.45) is 5.92 Å². The van der Waals surface area contributed by atoms with Crippen LogP contribution in [-0.2, 0) is 6.54 Å². The first-order chi connectivity index (χ1) is 6.18. The van der Waals surface area contributed by atoms with E-state index in [2.05, 4.69) is 18.9 Å². The van der Waals surface area contributed by atoms with Crippen LogP contribution in [0.3, 0.4) is 0 Å². The van der Waals surface area contributed by atoms with E-state index in [1.165, 1.54) is 18.4 Å². The van der Waals surface area contributed by atoms with Crippen LogP contribution in [0.5, 0.6) is 0 Å². The highest BCUT2D eigenvalue weighted by Crippen LogP contribution is 2.32. The highest BCUT2D eigenvalue weighted by atomic mass is 35.5. The van der Waals surface area contributed by atoms with Gasteiger partial charge in [-0.1, -0.05) is 25.4 Å². The first-order valence-corrected chi connectivity index (χ1v) is 5.27. The van der Waals surface area contributed by atoms with Crippen LogP contribution in [0.15, 0.2) is 6.20 Å². The Kier molecular flexibility index (Phi) is 2.33. The minimum atomic E-state index is 0.473. The fourth-order valence-corrected chi connectivity index (χ4v) is 1.82. The van der Waals surface area contributed by atoms with Gasteiger partial charge in [0, 0.05) is 12.1 Å². The van der Waals surface area contributed by atoms with Gasteiger partial charge in [0.25, 0.3) is 0 Å². The van der Waals surface area contributed by atoms with E-state index in [0.717, 1.165) is 17.6 Å². The summed E-state index contributed by atoms with van der Waals surface area (Å²) in [5.74, 6) is 1.30. The molecule has 0 unspecified atom stereocenters. The van der Waals surface area contributed by atoms with Crippen LogP contribution in [0, 0.1) is 5.92 Å². The van der Waals surface area contributed by atoms with Crippen LogP contribution < -0.4 is 0 Å². The van der Waals surface area contributed by atoms with Crippen molar-refractivity contribution >= 4 is 11.6 Å². The summed E-state index contributed by atoms with van der Waals surface area (Å²) in [5, 5.41) is 5.14. The molecule has 1 heterocycles. The zero-order valence-corrected chi connectivity index (χ0v) is 8.88. The summed E-state index contributed by atoms with van der Waals surface area (Å²) >= 11 is 6.19. The van der Waals surface area contributed by atoms with E-state index in [1.54, 1.807) is 0 Å². The Balaban J connectivity index is 2.16. The van der Waals surface area contributed by atoms with Crippen LogP contribution in [0.1, 0.15) is 38.2 Å². The van der Waals surface area contributed by atoms with Gasteiger partial charge in [0.05, 0.1) is 6.20 Å². The highest BCUT2D eigenvalue weighted by Gasteiger charge is 2.23. The van der Waals surface area contributed by atoms with E-state index in [1.807, 2.05) is 10.9 Å². The highest BCUT2D eigenvalue weighted by molar-refractivity contribution is 6.30. The molecule has 1 saturated carbocycles. The summed E-state index contributed by atoms with van der Waals surface area (Å²) in [6.07, 6.45) is 4.58. The first kappa shape index (κ1) is 9.07. The topological polar surface area (TPSA) is 17.8 Å². The van der Waals surface area contributed by atoms with Gasteiger partial charge in [-0.05, 0) is 24.7 Å². The second-order valence-corrected chi connectivity index (χ2v) is 4.53. The van der Waals surface area contributed by atoms with E-state index in [0.29, 0.717) is 5.92 Å². The van der Waals surface area contributed by atoms with Crippen molar-refractivity contribution in [1.82, 2.24) is 9.78 Å². The van der Waals surface area contributed by atoms with Gasteiger partial charge in [-0.25, -0.2) is 0 Å². The van der Waals surface area contributed by atoms with Crippen LogP contribution in [0.4, 0.5) is 0 Å². The van der Waals surface area contributed by atoms with Gasteiger partial charge < -0.3 is 0 Å². The molecule has 1 aromatic heterocycles. The smallest absolute Gasteiger partial charge is 0.130 e. The Morgan fingerprint density at radius 1 is 1.62 bits per heavy atom. The van der Waals surface area contributed by atoms with Gasteiger partial charge in [0.2, 0.25) is 0 Å². The van der Waals surface area contributed by atoms with Crippen molar-refractivity contribution < 1.29 is 0 Å². The molecule has 0 bridgehead atoms. The molecular formula is C10H15ClN2. The van der Waals surface area contributed by atoms with Crippen molar-refractivity contribution in [2.45, 2.75) is 39.2 Å². The van der Waals surface area contributed by atoms with Gasteiger partial charge >= 0.3 is 0 Å². The number of rotatable bonds is 3. The minimum absolute atomic E-state index is 0.473. The van der Waals surface area contributed by atoms with Gasteiger partial charge in [-0.15, -0.1) is 0 Å². The predicted octanol–water partition coefficient (Wildman–Crippen LogP) is 3.07. The van der Waals surface area contributed by atoms with Crippen molar-refractivity contribution in [3.8, 4) is 0 Å². The average Bonchev–Trinajstić information content (AvgIpc) is 2.78. The second kappa shape index (κ2) is 3.33. The van der Waals surface area contributed by atoms with E-state index in [4.69, 9.17) is 11.6 Å². The fourth-order valence-electron chi connectivity index (χ4n) is 1.44. The van der Waals surface area contributed by atoms with Gasteiger partial charge in [0.15, 0.2) is 0 Å². The lowest BCUT2D eigenvalue weighted by molar-refractivity contribution is 0.563. The third-order valence-corrected chi connectivity index (χ3v) is 2.96. The van der Waals surface area contributed by atoms with Crippen LogP contribution in [-0.4, -0.2) is 9.78 Å². The van der Waals surface area contributed by atoms with Gasteiger partial charge in [-0.3, -0.25) is 4.68 Å². The van der Waals surface area contributed by atoms with E-state index < -0.39 is 0 Å². The number of halogens is 1. The average molecular weight is 199 g/mol. The molecule has 0 amide bonds. The SMILES string of the molecule is CC(C)c1cnn(CC2CC2)c1Cl. The molecule has 72 valence electrons. The molecule has 1 aliphatic carbocycles. The maximum atomic E-state index is 6.19. The molecule has 0 saturated heterocycles. The summed E-state index contributed by atoms with van der Waals surface area (Å²) in [6, 6.07) is 0. The summed E-state index contributed by atoms with van der Waals surface area (Å²) < 4.78 is 1.94. The fraction of sp³-hybridized carbons (Fsp3) is 0.700. The van der Waals surface area contributed by atoms with Crippen molar-refractivity contribution in [3.63, 3.8) is 0 Å². The van der Waals surface area contributed by atoms with E-state index in [-0.39, 0.29) is 0 Å². The summed E-state index contributed by atoms with van der Waals surface area (Å²) in [6.45, 7) is 5.29. The maximum absolute atomic E-state index is 6.19. The molecule has 0 radical (unpaired) electrons. The Hall–Kier alpha value is -0.500. The monoisotopic (exact) mass is 198 g/mol. The Bertz CT molecular complexity index is 300. The van der Waals surface area contributed by atoms with Gasteiger partial charge in [0.1, 0.15) is 5.15 Å². The molecule has 0 aliphatic heterocycles. The first-order valence-electron chi connectivity index (χ1n) is 4.89. The van der Waals surface area contributed by atoms with Crippen molar-refractivity contribution in [2.75, 3.05) is 0 Å². The quantitative estimate of drug-likeness (QED) is 0.730. The van der Waals surface area contributed by atoms with Gasteiger partial charge in [-0.2, -0.15) is 5.10 Å². The molecule has 13 heavy (non-hydrogen) atoms. The van der Waals surface area contributed by atoms with Crippen LogP contribution >= 0.6 is 11.6 Å². The summed E-state index contributed by atoms with van der Waals surface area (Å²) in [5.41, 5.74) is 1.17. The predicted molar refractivity (Wildman–Crippen MR) is 54.1 cm³/mol. The number of nitrogens with zero attached hydrogens (tertiary/aromatic N) is 2. The standard InChI is InChI=1S/C10H15ClN2/c1-7(2)9-5-12-13(10(9)11)6-8-3-4-8/h5,7-8H,3-4,6H2,1-2H3. The lowest BCUT2D eigenvalue weighted by Crippen LogP contribution is -2.01. The molecule has 0 spiro atoms. The zero-order valence-electron chi connectivity index (χ0n) is 8.13. The second-order valence-electron chi connectivity index (χ2n) is 4.17. The number of aromatic nitrogens is 2. The molecule has 1 aliphatic rings. The van der Waals surface area contributed by atoms with Crippen molar-refractivity contribution in [1.29, 1.82) is 0 Å². The molecular weight excluding hydrogens is 184 g/mol. The molecule has 2 nitrogen and oxygen atoms in total. The lowest BCUT2D eigenvalue weighted by Gasteiger charge is -2.04. The molecule has 0 atom stereocenters.